The Hall–Kier alpha value is -1.90. The monoisotopic (exact) mass is 379 g/mol. The number of amides is 1. The van der Waals surface area contributed by atoms with E-state index in [1.54, 1.807) is 7.11 Å². The Morgan fingerprint density at radius 1 is 1.46 bits per heavy atom. The molecule has 1 fully saturated rings. The van der Waals surface area contributed by atoms with Crippen molar-refractivity contribution >= 4 is 23.6 Å². The zero-order chi connectivity index (χ0) is 18.7. The first kappa shape index (κ1) is 18.9. The fourth-order valence-corrected chi connectivity index (χ4v) is 4.75. The number of carboxylic acids is 1. The zero-order valence-electron chi connectivity index (χ0n) is 14.6. The molecule has 26 heavy (non-hydrogen) atoms. The number of methoxy groups -OCH3 is 1. The summed E-state index contributed by atoms with van der Waals surface area (Å²) >= 11 is 1.47. The highest BCUT2D eigenvalue weighted by Crippen LogP contribution is 2.47. The number of rotatable bonds is 9. The van der Waals surface area contributed by atoms with Crippen LogP contribution >= 0.6 is 11.8 Å². The van der Waals surface area contributed by atoms with E-state index in [4.69, 9.17) is 9.84 Å². The van der Waals surface area contributed by atoms with Gasteiger partial charge in [0.25, 0.3) is 0 Å². The molecule has 1 saturated heterocycles. The van der Waals surface area contributed by atoms with Crippen molar-refractivity contribution in [1.29, 1.82) is 0 Å². The number of β-lactam (4-membered cyclic amide) rings is 1. The highest BCUT2D eigenvalue weighted by molar-refractivity contribution is 8.02. The van der Waals surface area contributed by atoms with Crippen molar-refractivity contribution in [3.05, 3.63) is 40.7 Å². The zero-order valence-corrected chi connectivity index (χ0v) is 15.4. The van der Waals surface area contributed by atoms with Gasteiger partial charge in [0.2, 0.25) is 5.91 Å². The molecule has 0 saturated carbocycles. The Bertz CT molecular complexity index is 736. The van der Waals surface area contributed by atoms with Crippen LogP contribution in [-0.4, -0.2) is 53.4 Å². The lowest BCUT2D eigenvalue weighted by Crippen LogP contribution is -2.58. The maximum atomic E-state index is 12.2. The van der Waals surface area contributed by atoms with E-state index < -0.39 is 5.97 Å². The lowest BCUT2D eigenvalue weighted by atomic mass is 9.85. The van der Waals surface area contributed by atoms with E-state index in [0.717, 1.165) is 17.1 Å². The molecule has 0 bridgehead atoms. The summed E-state index contributed by atoms with van der Waals surface area (Å²) in [6.45, 7) is 1.27. The number of nitrogens with zero attached hydrogens (tertiary/aromatic N) is 2. The van der Waals surface area contributed by atoms with Gasteiger partial charge < -0.3 is 19.8 Å². The Labute approximate surface area is 156 Å². The van der Waals surface area contributed by atoms with Crippen LogP contribution in [0, 0.1) is 5.92 Å². The van der Waals surface area contributed by atoms with Crippen molar-refractivity contribution < 1.29 is 29.1 Å². The van der Waals surface area contributed by atoms with Gasteiger partial charge in [0, 0.05) is 37.2 Å². The first-order valence-corrected chi connectivity index (χ1v) is 9.56. The number of fused-ring (bicyclic) bond motifs is 1. The predicted octanol–water partition coefficient (Wildman–Crippen LogP) is 0.763. The number of aliphatic carboxylic acids is 1. The number of ether oxygens (including phenoxy) is 1. The molecule has 2 N–H and O–H groups in total. The minimum atomic E-state index is -1.06. The topological polar surface area (TPSA) is 91.0 Å². The number of pyridine rings is 1. The fourth-order valence-electron chi connectivity index (χ4n) is 3.55. The molecule has 7 nitrogen and oxygen atoms in total. The third kappa shape index (κ3) is 3.49. The van der Waals surface area contributed by atoms with E-state index >= 15 is 0 Å². The van der Waals surface area contributed by atoms with E-state index in [1.165, 1.54) is 16.7 Å². The maximum absolute atomic E-state index is 12.2. The number of thioether (sulfide) groups is 1. The quantitative estimate of drug-likeness (QED) is 0.486. The maximum Gasteiger partial charge on any atom is 0.353 e. The first-order chi connectivity index (χ1) is 12.6. The largest absolute Gasteiger partial charge is 0.477 e. The summed E-state index contributed by atoms with van der Waals surface area (Å²) in [4.78, 5) is 26.1. The van der Waals surface area contributed by atoms with Crippen LogP contribution < -0.4 is 4.57 Å². The van der Waals surface area contributed by atoms with E-state index in [-0.39, 0.29) is 30.2 Å². The predicted molar refractivity (Wildman–Crippen MR) is 94.9 cm³/mol. The van der Waals surface area contributed by atoms with Crippen molar-refractivity contribution in [2.75, 3.05) is 20.3 Å². The van der Waals surface area contributed by atoms with Crippen molar-refractivity contribution in [1.82, 2.24) is 4.90 Å². The van der Waals surface area contributed by atoms with E-state index in [0.29, 0.717) is 25.2 Å². The number of carboxylic acid groups (broad SMARTS) is 1. The van der Waals surface area contributed by atoms with E-state index in [2.05, 4.69) is 4.57 Å². The molecule has 0 radical (unpaired) electrons. The van der Waals surface area contributed by atoms with Crippen molar-refractivity contribution in [2.24, 2.45) is 5.92 Å². The molecule has 2 atom stereocenters. The molecule has 0 aliphatic carbocycles. The van der Waals surface area contributed by atoms with Crippen molar-refractivity contribution in [2.45, 2.75) is 31.2 Å². The molecule has 2 aliphatic heterocycles. The highest BCUT2D eigenvalue weighted by Gasteiger charge is 2.54. The standard InChI is InChI=1S/C18H22N2O5S/c1-25-9-7-19-6-3-2-4-12(19)11-26-15-10-14-13(5-8-21)17(22)20(14)16(15)18(23)24/h2-4,6,13-14,21H,5,7-11H2,1H3/p+1/t13-,14+/m0/s1. The van der Waals surface area contributed by atoms with Crippen LogP contribution in [0.1, 0.15) is 18.5 Å². The van der Waals surface area contributed by atoms with Gasteiger partial charge in [0.15, 0.2) is 18.4 Å². The van der Waals surface area contributed by atoms with Crippen LogP contribution in [0.4, 0.5) is 0 Å². The van der Waals surface area contributed by atoms with Crippen LogP contribution in [0.5, 0.6) is 0 Å². The fraction of sp³-hybridized carbons (Fsp3) is 0.500. The summed E-state index contributed by atoms with van der Waals surface area (Å²) in [6, 6.07) is 5.78. The first-order valence-electron chi connectivity index (χ1n) is 8.58. The molecule has 2 aliphatic rings. The minimum Gasteiger partial charge on any atom is -0.477 e. The van der Waals surface area contributed by atoms with Gasteiger partial charge >= 0.3 is 5.97 Å². The van der Waals surface area contributed by atoms with E-state index in [1.807, 2.05) is 24.4 Å². The summed E-state index contributed by atoms with van der Waals surface area (Å²) in [7, 11) is 1.66. The summed E-state index contributed by atoms with van der Waals surface area (Å²) in [5, 5.41) is 18.7. The van der Waals surface area contributed by atoms with Gasteiger partial charge in [-0.05, 0) is 6.42 Å². The molecule has 0 spiro atoms. The summed E-state index contributed by atoms with van der Waals surface area (Å²) in [5.74, 6) is -0.898. The lowest BCUT2D eigenvalue weighted by molar-refractivity contribution is -0.704. The van der Waals surface area contributed by atoms with E-state index in [9.17, 15) is 14.7 Å². The van der Waals surface area contributed by atoms with Gasteiger partial charge in [0.1, 0.15) is 12.3 Å². The smallest absolute Gasteiger partial charge is 0.353 e. The SMILES string of the molecule is COCC[n+]1ccccc1CSC1=C(C(=O)O)N2C(=O)[C@@H](CCO)[C@H]2C1. The Kier molecular flexibility index (Phi) is 5.95. The number of hydrogen-bond donors (Lipinski definition) is 2. The van der Waals surface area contributed by atoms with Crippen molar-refractivity contribution in [3.63, 3.8) is 0 Å². The molecule has 0 aromatic carbocycles. The third-order valence-electron chi connectivity index (χ3n) is 4.86. The van der Waals surface area contributed by atoms with Crippen LogP contribution in [0.15, 0.2) is 35.0 Å². The molecule has 1 aromatic heterocycles. The normalized spacial score (nSPS) is 21.8. The molecule has 1 aromatic rings. The number of carbonyl (C=O) groups excluding carboxylic acids is 1. The average molecular weight is 379 g/mol. The molecular weight excluding hydrogens is 356 g/mol. The molecule has 8 heteroatoms. The molecule has 0 unspecified atom stereocenters. The second-order valence-electron chi connectivity index (χ2n) is 6.34. The average Bonchev–Trinajstić information content (AvgIpc) is 2.98. The van der Waals surface area contributed by atoms with Gasteiger partial charge in [-0.3, -0.25) is 4.79 Å². The summed E-state index contributed by atoms with van der Waals surface area (Å²) in [5.41, 5.74) is 1.18. The lowest BCUT2D eigenvalue weighted by Gasteiger charge is -2.43. The van der Waals surface area contributed by atoms with Gasteiger partial charge in [0.05, 0.1) is 17.7 Å². The molecule has 3 heterocycles. The van der Waals surface area contributed by atoms with Gasteiger partial charge in [-0.2, -0.15) is 4.57 Å². The summed E-state index contributed by atoms with van der Waals surface area (Å²) in [6.07, 6.45) is 2.91. The Balaban J connectivity index is 1.74. The highest BCUT2D eigenvalue weighted by atomic mass is 32.2. The van der Waals surface area contributed by atoms with Gasteiger partial charge in [-0.15, -0.1) is 11.8 Å². The van der Waals surface area contributed by atoms with Crippen LogP contribution in [0.2, 0.25) is 0 Å². The van der Waals surface area contributed by atoms with Gasteiger partial charge in [-0.1, -0.05) is 6.07 Å². The molecule has 140 valence electrons. The van der Waals surface area contributed by atoms with Crippen LogP contribution in [-0.2, 0) is 26.6 Å². The van der Waals surface area contributed by atoms with Crippen LogP contribution in [0.3, 0.4) is 0 Å². The molecule has 1 amide bonds. The summed E-state index contributed by atoms with van der Waals surface area (Å²) < 4.78 is 7.22. The number of hydrogen-bond acceptors (Lipinski definition) is 5. The third-order valence-corrected chi connectivity index (χ3v) is 6.01. The Morgan fingerprint density at radius 2 is 2.27 bits per heavy atom. The minimum absolute atomic E-state index is 0.0604. The van der Waals surface area contributed by atoms with Gasteiger partial charge in [-0.25, -0.2) is 4.79 Å². The number of carbonyl (C=O) groups is 2. The molecular formula is C18H23N2O5S+. The second-order valence-corrected chi connectivity index (χ2v) is 7.41. The number of aromatic nitrogens is 1. The Morgan fingerprint density at radius 3 is 2.96 bits per heavy atom. The number of aliphatic hydroxyl groups excluding tert-OH is 1. The second kappa shape index (κ2) is 8.20. The van der Waals surface area contributed by atoms with Crippen LogP contribution in [0.25, 0.3) is 0 Å². The number of aliphatic hydroxyl groups is 1. The molecule has 3 rings (SSSR count). The van der Waals surface area contributed by atoms with Crippen molar-refractivity contribution in [3.8, 4) is 0 Å².